The van der Waals surface area contributed by atoms with Gasteiger partial charge in [0.05, 0.1) is 13.2 Å². The average molecular weight is 354 g/mol. The second-order valence-corrected chi connectivity index (χ2v) is 5.70. The van der Waals surface area contributed by atoms with Crippen LogP contribution in [0.5, 0.6) is 0 Å². The Bertz CT molecular complexity index is 575. The second-order valence-electron chi connectivity index (χ2n) is 5.70. The molecule has 1 aliphatic rings. The third-order valence-electron chi connectivity index (χ3n) is 3.63. The van der Waals surface area contributed by atoms with Crippen LogP contribution in [0.4, 0.5) is 0 Å². The van der Waals surface area contributed by atoms with Gasteiger partial charge in [-0.1, -0.05) is 30.3 Å². The number of carbonyl (C=O) groups is 2. The Morgan fingerprint density at radius 2 is 1.64 bits per heavy atom. The number of benzene rings is 1. The number of carbonyl (C=O) groups excluding carboxylic acids is 2. The average Bonchev–Trinajstić information content (AvgIpc) is 2.55. The Morgan fingerprint density at radius 1 is 1.04 bits per heavy atom. The van der Waals surface area contributed by atoms with Gasteiger partial charge in [0.15, 0.2) is 18.5 Å². The maximum Gasteiger partial charge on any atom is 0.303 e. The van der Waals surface area contributed by atoms with Crippen molar-refractivity contribution in [3.8, 4) is 0 Å². The van der Waals surface area contributed by atoms with Crippen molar-refractivity contribution in [2.45, 2.75) is 51.2 Å². The highest BCUT2D eigenvalue weighted by molar-refractivity contribution is 5.67. The third kappa shape index (κ3) is 5.50. The topological polar surface area (TPSA) is 112 Å². The molecule has 0 spiro atoms. The fourth-order valence-electron chi connectivity index (χ4n) is 2.56. The summed E-state index contributed by atoms with van der Waals surface area (Å²) in [5.74, 6) is -1.38. The largest absolute Gasteiger partial charge is 0.455 e. The number of ether oxygens (including phenoxy) is 4. The summed E-state index contributed by atoms with van der Waals surface area (Å²) < 4.78 is 20.7. The van der Waals surface area contributed by atoms with Crippen molar-refractivity contribution in [3.63, 3.8) is 0 Å². The molecule has 8 heteroatoms. The van der Waals surface area contributed by atoms with Gasteiger partial charge in [0, 0.05) is 13.8 Å². The zero-order chi connectivity index (χ0) is 18.4. The smallest absolute Gasteiger partial charge is 0.303 e. The van der Waals surface area contributed by atoms with Crippen molar-refractivity contribution in [2.75, 3.05) is 6.61 Å². The molecule has 3 unspecified atom stereocenters. The van der Waals surface area contributed by atoms with Crippen molar-refractivity contribution >= 4 is 11.9 Å². The summed E-state index contributed by atoms with van der Waals surface area (Å²) in [7, 11) is 0. The summed E-state index contributed by atoms with van der Waals surface area (Å²) in [6.07, 6.45) is -6.40. The molecule has 0 amide bonds. The molecule has 8 nitrogen and oxygen atoms in total. The van der Waals surface area contributed by atoms with Gasteiger partial charge in [0.1, 0.15) is 12.2 Å². The minimum atomic E-state index is -1.55. The van der Waals surface area contributed by atoms with Crippen LogP contribution in [0.3, 0.4) is 0 Å². The van der Waals surface area contributed by atoms with Crippen molar-refractivity contribution in [2.24, 2.45) is 0 Å². The number of aliphatic hydroxyl groups excluding tert-OH is 2. The number of rotatable bonds is 6. The molecule has 1 aromatic rings. The lowest BCUT2D eigenvalue weighted by atomic mass is 9.98. The highest BCUT2D eigenvalue weighted by Crippen LogP contribution is 2.25. The van der Waals surface area contributed by atoms with Gasteiger partial charge in [-0.2, -0.15) is 0 Å². The van der Waals surface area contributed by atoms with Crippen molar-refractivity contribution < 1.29 is 38.7 Å². The van der Waals surface area contributed by atoms with Gasteiger partial charge in [-0.25, -0.2) is 0 Å². The molecule has 1 aromatic carbocycles. The van der Waals surface area contributed by atoms with Gasteiger partial charge in [-0.15, -0.1) is 0 Å². The third-order valence-corrected chi connectivity index (χ3v) is 3.63. The first-order chi connectivity index (χ1) is 11.9. The molecular weight excluding hydrogens is 332 g/mol. The van der Waals surface area contributed by atoms with E-state index in [1.807, 2.05) is 30.3 Å². The molecule has 1 fully saturated rings. The van der Waals surface area contributed by atoms with Crippen LogP contribution >= 0.6 is 0 Å². The van der Waals surface area contributed by atoms with Crippen molar-refractivity contribution in [1.29, 1.82) is 0 Å². The van der Waals surface area contributed by atoms with E-state index in [1.165, 1.54) is 0 Å². The fraction of sp³-hybridized carbons (Fsp3) is 0.529. The number of hydrogen-bond donors (Lipinski definition) is 2. The molecule has 0 saturated carbocycles. The predicted molar refractivity (Wildman–Crippen MR) is 84.1 cm³/mol. The summed E-state index contributed by atoms with van der Waals surface area (Å²) in [6, 6.07) is 9.38. The van der Waals surface area contributed by atoms with Crippen LogP contribution in [0.15, 0.2) is 30.3 Å². The fourth-order valence-corrected chi connectivity index (χ4v) is 2.56. The molecule has 1 saturated heterocycles. The maximum absolute atomic E-state index is 11.3. The van der Waals surface area contributed by atoms with Crippen LogP contribution in [-0.2, 0) is 35.1 Å². The standard InChI is InChI=1S/C17H22O8/c1-10(18)23-15-14(20)13(25-17(21)16(15)24-11(2)19)9-22-8-12-6-4-3-5-7-12/h3-7,13-17,20-21H,8-9H2,1-2H3/t13?,14-,15?,16?,17+/m1/s1. The van der Waals surface area contributed by atoms with Crippen LogP contribution in [0.1, 0.15) is 19.4 Å². The van der Waals surface area contributed by atoms with Crippen LogP contribution in [0, 0.1) is 0 Å². The molecule has 138 valence electrons. The van der Waals surface area contributed by atoms with Gasteiger partial charge in [0.2, 0.25) is 0 Å². The highest BCUT2D eigenvalue weighted by atomic mass is 16.7. The molecule has 1 heterocycles. The normalized spacial score (nSPS) is 29.0. The molecule has 0 aromatic heterocycles. The minimum absolute atomic E-state index is 0.0440. The van der Waals surface area contributed by atoms with Crippen molar-refractivity contribution in [3.05, 3.63) is 35.9 Å². The first-order valence-corrected chi connectivity index (χ1v) is 7.86. The Balaban J connectivity index is 1.99. The molecule has 2 rings (SSSR count). The van der Waals surface area contributed by atoms with Gasteiger partial charge < -0.3 is 29.2 Å². The SMILES string of the molecule is CC(=O)OC1C(OC(C)=O)[C@@H](O)OC(COCc2ccccc2)[C@H]1O. The Morgan fingerprint density at radius 3 is 2.24 bits per heavy atom. The van der Waals surface area contributed by atoms with Crippen LogP contribution < -0.4 is 0 Å². The summed E-state index contributed by atoms with van der Waals surface area (Å²) in [5.41, 5.74) is 0.933. The van der Waals surface area contributed by atoms with Crippen LogP contribution in [-0.4, -0.2) is 59.5 Å². The summed E-state index contributed by atoms with van der Waals surface area (Å²) in [4.78, 5) is 22.4. The van der Waals surface area contributed by atoms with E-state index in [1.54, 1.807) is 0 Å². The number of hydrogen-bond acceptors (Lipinski definition) is 8. The van der Waals surface area contributed by atoms with Gasteiger partial charge in [-0.05, 0) is 5.56 Å². The Hall–Kier alpha value is -2.00. The van der Waals surface area contributed by atoms with Crippen molar-refractivity contribution in [1.82, 2.24) is 0 Å². The molecular formula is C17H22O8. The molecule has 1 aliphatic heterocycles. The molecule has 25 heavy (non-hydrogen) atoms. The lowest BCUT2D eigenvalue weighted by Crippen LogP contribution is -2.61. The van der Waals surface area contributed by atoms with E-state index >= 15 is 0 Å². The Kier molecular flexibility index (Phi) is 6.89. The maximum atomic E-state index is 11.3. The summed E-state index contributed by atoms with van der Waals surface area (Å²) in [6.45, 7) is 2.53. The van der Waals surface area contributed by atoms with Crippen LogP contribution in [0.2, 0.25) is 0 Å². The van der Waals surface area contributed by atoms with E-state index in [9.17, 15) is 19.8 Å². The lowest BCUT2D eigenvalue weighted by molar-refractivity contribution is -0.295. The van der Waals surface area contributed by atoms with E-state index in [0.29, 0.717) is 0 Å². The van der Waals surface area contributed by atoms with Crippen LogP contribution in [0.25, 0.3) is 0 Å². The minimum Gasteiger partial charge on any atom is -0.455 e. The monoisotopic (exact) mass is 354 g/mol. The van der Waals surface area contributed by atoms with E-state index in [4.69, 9.17) is 18.9 Å². The highest BCUT2D eigenvalue weighted by Gasteiger charge is 2.48. The lowest BCUT2D eigenvalue weighted by Gasteiger charge is -2.41. The zero-order valence-electron chi connectivity index (χ0n) is 14.0. The molecule has 0 bridgehead atoms. The van der Waals surface area contributed by atoms with Gasteiger partial charge >= 0.3 is 11.9 Å². The van der Waals surface area contributed by atoms with E-state index < -0.39 is 42.6 Å². The second kappa shape index (κ2) is 8.91. The predicted octanol–water partition coefficient (Wildman–Crippen LogP) is 0.145. The summed E-state index contributed by atoms with van der Waals surface area (Å²) >= 11 is 0. The van der Waals surface area contributed by atoms with Gasteiger partial charge in [0.25, 0.3) is 0 Å². The first kappa shape index (κ1) is 19.3. The van der Waals surface area contributed by atoms with Gasteiger partial charge in [-0.3, -0.25) is 9.59 Å². The molecule has 2 N–H and O–H groups in total. The summed E-state index contributed by atoms with van der Waals surface area (Å²) in [5, 5.41) is 20.4. The number of aliphatic hydroxyl groups is 2. The molecule has 0 radical (unpaired) electrons. The number of esters is 2. The van der Waals surface area contributed by atoms with E-state index in [-0.39, 0.29) is 13.2 Å². The molecule has 0 aliphatic carbocycles. The zero-order valence-corrected chi connectivity index (χ0v) is 14.0. The first-order valence-electron chi connectivity index (χ1n) is 7.86. The van der Waals surface area contributed by atoms with E-state index in [2.05, 4.69) is 0 Å². The quantitative estimate of drug-likeness (QED) is 0.694. The van der Waals surface area contributed by atoms with E-state index in [0.717, 1.165) is 19.4 Å². The Labute approximate surface area is 145 Å². The molecule has 5 atom stereocenters.